The van der Waals surface area contributed by atoms with Crippen molar-refractivity contribution in [2.75, 3.05) is 6.54 Å². The molecule has 0 bridgehead atoms. The molecule has 0 amide bonds. The van der Waals surface area contributed by atoms with Gasteiger partial charge in [-0.25, -0.2) is 0 Å². The highest BCUT2D eigenvalue weighted by Gasteiger charge is 2.28. The lowest BCUT2D eigenvalue weighted by molar-refractivity contribution is 0.427. The summed E-state index contributed by atoms with van der Waals surface area (Å²) in [5.41, 5.74) is 1.54. The monoisotopic (exact) mass is 263 g/mol. The van der Waals surface area contributed by atoms with E-state index in [0.29, 0.717) is 6.04 Å². The molecule has 0 aromatic heterocycles. The summed E-state index contributed by atoms with van der Waals surface area (Å²) in [4.78, 5) is 1.50. The number of rotatable bonds is 6. The molecule has 1 heterocycles. The van der Waals surface area contributed by atoms with Crippen LogP contribution in [0.3, 0.4) is 0 Å². The molecule has 0 fully saturated rings. The highest BCUT2D eigenvalue weighted by molar-refractivity contribution is 8.00. The average Bonchev–Trinajstić information content (AvgIpc) is 2.77. The summed E-state index contributed by atoms with van der Waals surface area (Å²) in [5, 5.41) is 4.42. The third-order valence-corrected chi connectivity index (χ3v) is 5.09. The van der Waals surface area contributed by atoms with Crippen molar-refractivity contribution >= 4 is 11.8 Å². The first-order chi connectivity index (χ1) is 8.70. The second kappa shape index (κ2) is 6.63. The van der Waals surface area contributed by atoms with Gasteiger partial charge in [-0.05, 0) is 43.4 Å². The molecule has 2 unspecified atom stereocenters. The Morgan fingerprint density at radius 3 is 2.72 bits per heavy atom. The van der Waals surface area contributed by atoms with Gasteiger partial charge in [-0.1, -0.05) is 39.0 Å². The number of hydrogen-bond donors (Lipinski definition) is 1. The number of nitrogens with one attached hydrogen (secondary N) is 1. The van der Waals surface area contributed by atoms with Crippen LogP contribution < -0.4 is 5.32 Å². The van der Waals surface area contributed by atoms with Gasteiger partial charge >= 0.3 is 0 Å². The molecule has 1 nitrogen and oxygen atoms in total. The van der Waals surface area contributed by atoms with Crippen molar-refractivity contribution in [1.82, 2.24) is 5.32 Å². The van der Waals surface area contributed by atoms with Crippen LogP contribution >= 0.6 is 11.8 Å². The Hall–Kier alpha value is -0.470. The summed E-state index contributed by atoms with van der Waals surface area (Å²) in [7, 11) is 0. The molecule has 100 valence electrons. The molecule has 1 N–H and O–H groups in total. The highest BCUT2D eigenvalue weighted by Crippen LogP contribution is 2.39. The largest absolute Gasteiger partial charge is 0.313 e. The van der Waals surface area contributed by atoms with E-state index in [0.717, 1.165) is 17.7 Å². The zero-order chi connectivity index (χ0) is 13.0. The van der Waals surface area contributed by atoms with Gasteiger partial charge in [0.15, 0.2) is 0 Å². The molecular weight excluding hydrogens is 238 g/mol. The Kier molecular flexibility index (Phi) is 5.13. The lowest BCUT2D eigenvalue weighted by Gasteiger charge is -2.24. The summed E-state index contributed by atoms with van der Waals surface area (Å²) in [6.07, 6.45) is 3.86. The molecule has 0 saturated heterocycles. The van der Waals surface area contributed by atoms with E-state index in [1.165, 1.54) is 24.2 Å². The van der Waals surface area contributed by atoms with E-state index in [1.54, 1.807) is 5.56 Å². The average molecular weight is 263 g/mol. The van der Waals surface area contributed by atoms with Crippen molar-refractivity contribution in [2.45, 2.75) is 56.2 Å². The van der Waals surface area contributed by atoms with Gasteiger partial charge in [0.25, 0.3) is 0 Å². The SMILES string of the molecule is CCNC(CCC(C)C)C1Cc2ccccc2S1. The number of hydrogen-bond acceptors (Lipinski definition) is 2. The molecule has 0 spiro atoms. The third-order valence-electron chi connectivity index (χ3n) is 3.64. The Bertz CT molecular complexity index is 350. The minimum absolute atomic E-state index is 0.662. The van der Waals surface area contributed by atoms with E-state index >= 15 is 0 Å². The second-order valence-corrected chi connectivity index (χ2v) is 6.88. The van der Waals surface area contributed by atoms with Crippen molar-refractivity contribution in [3.63, 3.8) is 0 Å². The van der Waals surface area contributed by atoms with Gasteiger partial charge < -0.3 is 5.32 Å². The molecular formula is C16H25NS. The van der Waals surface area contributed by atoms with Gasteiger partial charge in [-0.3, -0.25) is 0 Å². The van der Waals surface area contributed by atoms with Gasteiger partial charge in [0, 0.05) is 16.2 Å². The number of thioether (sulfide) groups is 1. The van der Waals surface area contributed by atoms with Crippen LogP contribution in [0.25, 0.3) is 0 Å². The fourth-order valence-corrected chi connectivity index (χ4v) is 4.07. The van der Waals surface area contributed by atoms with Crippen molar-refractivity contribution in [3.8, 4) is 0 Å². The van der Waals surface area contributed by atoms with Crippen LogP contribution in [0.15, 0.2) is 29.2 Å². The molecule has 0 radical (unpaired) electrons. The molecule has 2 atom stereocenters. The first-order valence-corrected chi connectivity index (χ1v) is 8.06. The Morgan fingerprint density at radius 1 is 1.28 bits per heavy atom. The Balaban J connectivity index is 1.97. The highest BCUT2D eigenvalue weighted by atomic mass is 32.2. The van der Waals surface area contributed by atoms with E-state index in [1.807, 2.05) is 0 Å². The van der Waals surface area contributed by atoms with E-state index in [-0.39, 0.29) is 0 Å². The predicted molar refractivity (Wildman–Crippen MR) is 81.3 cm³/mol. The molecule has 0 aliphatic carbocycles. The van der Waals surface area contributed by atoms with Gasteiger partial charge in [-0.2, -0.15) is 0 Å². The maximum atomic E-state index is 3.69. The summed E-state index contributed by atoms with van der Waals surface area (Å²) in [6, 6.07) is 9.54. The van der Waals surface area contributed by atoms with Crippen molar-refractivity contribution in [2.24, 2.45) is 5.92 Å². The van der Waals surface area contributed by atoms with Gasteiger partial charge in [-0.15, -0.1) is 11.8 Å². The maximum absolute atomic E-state index is 3.69. The first-order valence-electron chi connectivity index (χ1n) is 7.18. The van der Waals surface area contributed by atoms with Crippen molar-refractivity contribution in [3.05, 3.63) is 29.8 Å². The summed E-state index contributed by atoms with van der Waals surface area (Å²) < 4.78 is 0. The zero-order valence-electron chi connectivity index (χ0n) is 11.8. The van der Waals surface area contributed by atoms with E-state index in [9.17, 15) is 0 Å². The molecule has 2 rings (SSSR count). The minimum atomic E-state index is 0.662. The standard InChI is InChI=1S/C16H25NS/c1-4-17-14(10-9-12(2)3)16-11-13-7-5-6-8-15(13)18-16/h5-8,12,14,16-17H,4,9-11H2,1-3H3. The van der Waals surface area contributed by atoms with Crippen LogP contribution in [0.2, 0.25) is 0 Å². The molecule has 1 aromatic rings. The van der Waals surface area contributed by atoms with Crippen LogP contribution in [-0.2, 0) is 6.42 Å². The van der Waals surface area contributed by atoms with Crippen molar-refractivity contribution < 1.29 is 0 Å². The topological polar surface area (TPSA) is 12.0 Å². The van der Waals surface area contributed by atoms with Crippen LogP contribution in [0, 0.1) is 5.92 Å². The quantitative estimate of drug-likeness (QED) is 0.828. The van der Waals surface area contributed by atoms with E-state index in [2.05, 4.69) is 62.1 Å². The molecule has 1 aromatic carbocycles. The number of fused-ring (bicyclic) bond motifs is 1. The maximum Gasteiger partial charge on any atom is 0.0289 e. The molecule has 2 heteroatoms. The summed E-state index contributed by atoms with van der Waals surface area (Å²) in [5.74, 6) is 0.805. The normalized spacial score (nSPS) is 20.1. The van der Waals surface area contributed by atoms with Gasteiger partial charge in [0.2, 0.25) is 0 Å². The smallest absolute Gasteiger partial charge is 0.0289 e. The lowest BCUT2D eigenvalue weighted by Crippen LogP contribution is -2.38. The third kappa shape index (κ3) is 3.52. The fourth-order valence-electron chi connectivity index (χ4n) is 2.63. The molecule has 0 saturated carbocycles. The van der Waals surface area contributed by atoms with Crippen molar-refractivity contribution in [1.29, 1.82) is 0 Å². The van der Waals surface area contributed by atoms with Gasteiger partial charge in [0.05, 0.1) is 0 Å². The summed E-state index contributed by atoms with van der Waals surface area (Å²) >= 11 is 2.07. The summed E-state index contributed by atoms with van der Waals surface area (Å²) in [6.45, 7) is 7.93. The lowest BCUT2D eigenvalue weighted by atomic mass is 9.97. The second-order valence-electron chi connectivity index (χ2n) is 5.60. The molecule has 1 aliphatic rings. The first kappa shape index (κ1) is 14.0. The van der Waals surface area contributed by atoms with E-state index in [4.69, 9.17) is 0 Å². The zero-order valence-corrected chi connectivity index (χ0v) is 12.6. The molecule has 18 heavy (non-hydrogen) atoms. The Morgan fingerprint density at radius 2 is 2.06 bits per heavy atom. The van der Waals surface area contributed by atoms with E-state index < -0.39 is 0 Å². The van der Waals surface area contributed by atoms with Crippen LogP contribution in [0.5, 0.6) is 0 Å². The van der Waals surface area contributed by atoms with Crippen LogP contribution in [0.1, 0.15) is 39.2 Å². The number of benzene rings is 1. The van der Waals surface area contributed by atoms with Crippen LogP contribution in [-0.4, -0.2) is 17.8 Å². The molecule has 1 aliphatic heterocycles. The minimum Gasteiger partial charge on any atom is -0.313 e. The van der Waals surface area contributed by atoms with Gasteiger partial charge in [0.1, 0.15) is 0 Å². The fraction of sp³-hybridized carbons (Fsp3) is 0.625. The predicted octanol–water partition coefficient (Wildman–Crippen LogP) is 4.12. The van der Waals surface area contributed by atoms with Crippen LogP contribution in [0.4, 0.5) is 0 Å². The Labute approximate surface area is 116 Å².